The molecule has 0 spiro atoms. The van der Waals surface area contributed by atoms with Gasteiger partial charge in [0.2, 0.25) is 5.91 Å². The van der Waals surface area contributed by atoms with Crippen molar-refractivity contribution in [3.8, 4) is 0 Å². The number of nitrogens with zero attached hydrogens (tertiary/aromatic N) is 2. The standard InChI is InChI=1S/C12H17N3O.2ClH/c1-15(11(16)12(13)5-6-12)9-4-10-2-7-14-8-3-10;;/h2-3,7-8H,4-6,9,13H2,1H3;2*1H. The molecule has 18 heavy (non-hydrogen) atoms. The third-order valence-electron chi connectivity index (χ3n) is 3.05. The SMILES string of the molecule is CN(CCc1ccncc1)C(=O)C1(N)CC1.Cl.Cl. The van der Waals surface area contributed by atoms with Crippen molar-refractivity contribution in [2.45, 2.75) is 24.8 Å². The largest absolute Gasteiger partial charge is 0.344 e. The number of carbonyl (C=O) groups excluding carboxylic acids is 1. The molecule has 102 valence electrons. The van der Waals surface area contributed by atoms with Crippen LogP contribution >= 0.6 is 24.8 Å². The van der Waals surface area contributed by atoms with Gasteiger partial charge in [0.05, 0.1) is 5.54 Å². The zero-order valence-electron chi connectivity index (χ0n) is 10.3. The first kappa shape index (κ1) is 17.2. The summed E-state index contributed by atoms with van der Waals surface area (Å²) in [6.45, 7) is 0.710. The van der Waals surface area contributed by atoms with Crippen molar-refractivity contribution in [2.24, 2.45) is 5.73 Å². The van der Waals surface area contributed by atoms with E-state index in [-0.39, 0.29) is 30.7 Å². The van der Waals surface area contributed by atoms with Gasteiger partial charge in [0.1, 0.15) is 0 Å². The number of carbonyl (C=O) groups is 1. The Morgan fingerprint density at radius 1 is 1.39 bits per heavy atom. The predicted octanol–water partition coefficient (Wildman–Crippen LogP) is 1.42. The maximum Gasteiger partial charge on any atom is 0.242 e. The molecule has 0 atom stereocenters. The molecule has 1 fully saturated rings. The number of rotatable bonds is 4. The highest BCUT2D eigenvalue weighted by Gasteiger charge is 2.47. The summed E-state index contributed by atoms with van der Waals surface area (Å²) in [5, 5.41) is 0. The number of hydrogen-bond acceptors (Lipinski definition) is 3. The Bertz CT molecular complexity index is 382. The molecule has 4 nitrogen and oxygen atoms in total. The van der Waals surface area contributed by atoms with E-state index >= 15 is 0 Å². The number of amides is 1. The Morgan fingerprint density at radius 3 is 2.44 bits per heavy atom. The number of likely N-dealkylation sites (N-methyl/N-ethyl adjacent to an activating group) is 1. The molecule has 2 N–H and O–H groups in total. The number of hydrogen-bond donors (Lipinski definition) is 1. The fourth-order valence-electron chi connectivity index (χ4n) is 1.68. The van der Waals surface area contributed by atoms with Gasteiger partial charge in [-0.05, 0) is 37.0 Å². The Balaban J connectivity index is 0.00000144. The summed E-state index contributed by atoms with van der Waals surface area (Å²) >= 11 is 0. The van der Waals surface area contributed by atoms with E-state index in [9.17, 15) is 4.79 Å². The third-order valence-corrected chi connectivity index (χ3v) is 3.05. The lowest BCUT2D eigenvalue weighted by Crippen LogP contribution is -2.44. The van der Waals surface area contributed by atoms with E-state index in [0.29, 0.717) is 6.54 Å². The van der Waals surface area contributed by atoms with E-state index in [0.717, 1.165) is 19.3 Å². The summed E-state index contributed by atoms with van der Waals surface area (Å²) in [7, 11) is 1.82. The smallest absolute Gasteiger partial charge is 0.242 e. The molecule has 0 aromatic carbocycles. The Kier molecular flexibility index (Phi) is 6.60. The van der Waals surface area contributed by atoms with Gasteiger partial charge < -0.3 is 10.6 Å². The molecule has 0 radical (unpaired) electrons. The molecular formula is C12H19Cl2N3O. The van der Waals surface area contributed by atoms with Crippen molar-refractivity contribution in [3.63, 3.8) is 0 Å². The van der Waals surface area contributed by atoms with Crippen LogP contribution in [0.4, 0.5) is 0 Å². The monoisotopic (exact) mass is 291 g/mol. The second-order valence-electron chi connectivity index (χ2n) is 4.49. The summed E-state index contributed by atoms with van der Waals surface area (Å²) in [4.78, 5) is 17.5. The van der Waals surface area contributed by atoms with Gasteiger partial charge in [-0.15, -0.1) is 24.8 Å². The van der Waals surface area contributed by atoms with Gasteiger partial charge in [-0.2, -0.15) is 0 Å². The van der Waals surface area contributed by atoms with Crippen LogP contribution in [0.15, 0.2) is 24.5 Å². The van der Waals surface area contributed by atoms with E-state index in [1.165, 1.54) is 5.56 Å². The lowest BCUT2D eigenvalue weighted by Gasteiger charge is -2.20. The van der Waals surface area contributed by atoms with E-state index < -0.39 is 5.54 Å². The van der Waals surface area contributed by atoms with Gasteiger partial charge in [-0.3, -0.25) is 9.78 Å². The Labute approximate surface area is 120 Å². The zero-order chi connectivity index (χ0) is 11.6. The minimum Gasteiger partial charge on any atom is -0.344 e. The van der Waals surface area contributed by atoms with Crippen LogP contribution in [0.5, 0.6) is 0 Å². The van der Waals surface area contributed by atoms with Crippen LogP contribution in [0, 0.1) is 0 Å². The molecule has 1 aromatic rings. The van der Waals surface area contributed by atoms with E-state index in [4.69, 9.17) is 5.73 Å². The maximum absolute atomic E-state index is 11.8. The van der Waals surface area contributed by atoms with Crippen LogP contribution in [0.3, 0.4) is 0 Å². The van der Waals surface area contributed by atoms with Crippen molar-refractivity contribution in [1.29, 1.82) is 0 Å². The van der Waals surface area contributed by atoms with Crippen molar-refractivity contribution >= 4 is 30.7 Å². The summed E-state index contributed by atoms with van der Waals surface area (Å²) < 4.78 is 0. The second kappa shape index (κ2) is 6.92. The van der Waals surface area contributed by atoms with Gasteiger partial charge in [0.25, 0.3) is 0 Å². The highest BCUT2D eigenvalue weighted by molar-refractivity contribution is 5.88. The molecule has 1 aromatic heterocycles. The van der Waals surface area contributed by atoms with Gasteiger partial charge in [-0.25, -0.2) is 0 Å². The van der Waals surface area contributed by atoms with E-state index in [2.05, 4.69) is 4.98 Å². The molecule has 1 saturated carbocycles. The minimum atomic E-state index is -0.549. The average Bonchev–Trinajstić information content (AvgIpc) is 3.06. The molecule has 1 aliphatic carbocycles. The number of pyridine rings is 1. The molecular weight excluding hydrogens is 273 g/mol. The zero-order valence-corrected chi connectivity index (χ0v) is 12.0. The highest BCUT2D eigenvalue weighted by atomic mass is 35.5. The van der Waals surface area contributed by atoms with Gasteiger partial charge >= 0.3 is 0 Å². The molecule has 1 amide bonds. The lowest BCUT2D eigenvalue weighted by molar-refractivity contribution is -0.132. The molecule has 0 bridgehead atoms. The van der Waals surface area contributed by atoms with E-state index in [1.807, 2.05) is 19.2 Å². The number of aromatic nitrogens is 1. The topological polar surface area (TPSA) is 59.2 Å². The highest BCUT2D eigenvalue weighted by Crippen LogP contribution is 2.33. The quantitative estimate of drug-likeness (QED) is 0.913. The number of nitrogens with two attached hydrogens (primary N) is 1. The Morgan fingerprint density at radius 2 is 1.94 bits per heavy atom. The van der Waals surface area contributed by atoms with Crippen LogP contribution in [0.1, 0.15) is 18.4 Å². The molecule has 1 heterocycles. The molecule has 2 rings (SSSR count). The van der Waals surface area contributed by atoms with Crippen molar-refractivity contribution < 1.29 is 4.79 Å². The maximum atomic E-state index is 11.8. The van der Waals surface area contributed by atoms with Crippen molar-refractivity contribution in [1.82, 2.24) is 9.88 Å². The van der Waals surface area contributed by atoms with Crippen molar-refractivity contribution in [3.05, 3.63) is 30.1 Å². The molecule has 0 aliphatic heterocycles. The first-order chi connectivity index (χ1) is 7.62. The van der Waals surface area contributed by atoms with Crippen LogP contribution in [0.2, 0.25) is 0 Å². The molecule has 0 saturated heterocycles. The summed E-state index contributed by atoms with van der Waals surface area (Å²) in [6, 6.07) is 3.93. The minimum absolute atomic E-state index is 0. The summed E-state index contributed by atoms with van der Waals surface area (Å²) in [5.41, 5.74) is 6.50. The van der Waals surface area contributed by atoms with Crippen LogP contribution < -0.4 is 5.73 Å². The Hall–Kier alpha value is -0.840. The number of halogens is 2. The summed E-state index contributed by atoms with van der Waals surface area (Å²) in [6.07, 6.45) is 6.03. The third kappa shape index (κ3) is 4.12. The van der Waals surface area contributed by atoms with Crippen molar-refractivity contribution in [2.75, 3.05) is 13.6 Å². The van der Waals surface area contributed by atoms with E-state index in [1.54, 1.807) is 17.3 Å². The fraction of sp³-hybridized carbons (Fsp3) is 0.500. The first-order valence-corrected chi connectivity index (χ1v) is 5.55. The van der Waals surface area contributed by atoms with Crippen LogP contribution in [-0.4, -0.2) is 34.9 Å². The normalized spacial score (nSPS) is 15.0. The predicted molar refractivity (Wildman–Crippen MR) is 76.2 cm³/mol. The second-order valence-corrected chi connectivity index (χ2v) is 4.49. The molecule has 0 unspecified atom stereocenters. The summed E-state index contributed by atoms with van der Waals surface area (Å²) in [5.74, 6) is 0.0709. The first-order valence-electron chi connectivity index (χ1n) is 5.55. The average molecular weight is 292 g/mol. The van der Waals surface area contributed by atoms with Crippen LogP contribution in [-0.2, 0) is 11.2 Å². The molecule has 1 aliphatic rings. The van der Waals surface area contributed by atoms with Gasteiger partial charge in [-0.1, -0.05) is 0 Å². The van der Waals surface area contributed by atoms with Gasteiger partial charge in [0, 0.05) is 26.0 Å². The van der Waals surface area contributed by atoms with Crippen LogP contribution in [0.25, 0.3) is 0 Å². The molecule has 6 heteroatoms. The lowest BCUT2D eigenvalue weighted by atomic mass is 10.2. The fourth-order valence-corrected chi connectivity index (χ4v) is 1.68. The van der Waals surface area contributed by atoms with Gasteiger partial charge in [0.15, 0.2) is 0 Å².